The standard InChI is InChI=1S/C20H34N2O2/c1-3-5-7-13-21-18(23)17-15-16-9-11-20(17,12-10-16)19(24)22-14-8-6-4-2/h9,11,16-17H,3-8,10,12-15H2,1-2H3,(H,21,23)(H,22,24). The summed E-state index contributed by atoms with van der Waals surface area (Å²) in [5.41, 5.74) is -0.615. The van der Waals surface area contributed by atoms with Crippen molar-refractivity contribution in [2.24, 2.45) is 17.3 Å². The van der Waals surface area contributed by atoms with Crippen LogP contribution < -0.4 is 10.6 Å². The van der Waals surface area contributed by atoms with E-state index in [0.29, 0.717) is 5.92 Å². The molecule has 0 radical (unpaired) electrons. The van der Waals surface area contributed by atoms with Crippen molar-refractivity contribution in [1.82, 2.24) is 10.6 Å². The van der Waals surface area contributed by atoms with E-state index in [1.807, 2.05) is 6.08 Å². The fourth-order valence-electron chi connectivity index (χ4n) is 4.05. The maximum Gasteiger partial charge on any atom is 0.230 e. The van der Waals surface area contributed by atoms with E-state index >= 15 is 0 Å². The number of amides is 2. The van der Waals surface area contributed by atoms with Gasteiger partial charge >= 0.3 is 0 Å². The summed E-state index contributed by atoms with van der Waals surface area (Å²) in [6.45, 7) is 5.76. The molecular weight excluding hydrogens is 300 g/mol. The maximum atomic E-state index is 12.9. The van der Waals surface area contributed by atoms with Gasteiger partial charge in [-0.15, -0.1) is 0 Å². The van der Waals surface area contributed by atoms with Crippen molar-refractivity contribution in [2.75, 3.05) is 13.1 Å². The van der Waals surface area contributed by atoms with Gasteiger partial charge in [0.15, 0.2) is 0 Å². The number of carbonyl (C=O) groups is 2. The van der Waals surface area contributed by atoms with Gasteiger partial charge < -0.3 is 10.6 Å². The van der Waals surface area contributed by atoms with Crippen LogP contribution in [-0.4, -0.2) is 24.9 Å². The average molecular weight is 335 g/mol. The van der Waals surface area contributed by atoms with E-state index in [9.17, 15) is 9.59 Å². The normalized spacial score (nSPS) is 27.9. The lowest BCUT2D eigenvalue weighted by Gasteiger charge is -2.46. The van der Waals surface area contributed by atoms with Crippen LogP contribution >= 0.6 is 0 Å². The van der Waals surface area contributed by atoms with Crippen LogP contribution in [0.4, 0.5) is 0 Å². The zero-order valence-corrected chi connectivity index (χ0v) is 15.4. The number of nitrogens with one attached hydrogen (secondary N) is 2. The van der Waals surface area contributed by atoms with E-state index in [4.69, 9.17) is 0 Å². The van der Waals surface area contributed by atoms with E-state index in [0.717, 1.165) is 70.9 Å². The topological polar surface area (TPSA) is 58.2 Å². The van der Waals surface area contributed by atoms with Gasteiger partial charge in [-0.25, -0.2) is 0 Å². The molecule has 3 aliphatic rings. The minimum absolute atomic E-state index is 0.0571. The molecule has 1 saturated carbocycles. The molecule has 0 aromatic rings. The molecule has 3 unspecified atom stereocenters. The lowest BCUT2D eigenvalue weighted by molar-refractivity contribution is -0.143. The highest BCUT2D eigenvalue weighted by atomic mass is 16.2. The summed E-state index contributed by atoms with van der Waals surface area (Å²) in [6, 6.07) is 0. The van der Waals surface area contributed by atoms with Crippen molar-refractivity contribution in [1.29, 1.82) is 0 Å². The van der Waals surface area contributed by atoms with E-state index in [1.165, 1.54) is 0 Å². The molecule has 4 nitrogen and oxygen atoms in total. The molecule has 3 rings (SSSR count). The van der Waals surface area contributed by atoms with Crippen LogP contribution in [-0.2, 0) is 9.59 Å². The van der Waals surface area contributed by atoms with Crippen molar-refractivity contribution >= 4 is 11.8 Å². The number of carbonyl (C=O) groups excluding carboxylic acids is 2. The Kier molecular flexibility index (Phi) is 7.32. The Morgan fingerprint density at radius 2 is 1.71 bits per heavy atom. The van der Waals surface area contributed by atoms with Gasteiger partial charge in [0.25, 0.3) is 0 Å². The fraction of sp³-hybridized carbons (Fsp3) is 0.800. The van der Waals surface area contributed by atoms with Gasteiger partial charge in [0.1, 0.15) is 0 Å². The number of hydrogen-bond donors (Lipinski definition) is 2. The zero-order valence-electron chi connectivity index (χ0n) is 15.4. The summed E-state index contributed by atoms with van der Waals surface area (Å²) in [5.74, 6) is 0.394. The molecule has 0 saturated heterocycles. The smallest absolute Gasteiger partial charge is 0.230 e. The number of allylic oxidation sites excluding steroid dienone is 1. The van der Waals surface area contributed by atoms with Gasteiger partial charge in [-0.05, 0) is 38.0 Å². The third-order valence-electron chi connectivity index (χ3n) is 5.64. The first-order valence-corrected chi connectivity index (χ1v) is 9.89. The Hall–Kier alpha value is -1.32. The van der Waals surface area contributed by atoms with E-state index in [2.05, 4.69) is 30.6 Å². The number of fused-ring (bicyclic) bond motifs is 2. The van der Waals surface area contributed by atoms with Crippen molar-refractivity contribution in [3.63, 3.8) is 0 Å². The lowest BCUT2D eigenvalue weighted by Crippen LogP contribution is -2.54. The summed E-state index contributed by atoms with van der Waals surface area (Å²) in [7, 11) is 0. The van der Waals surface area contributed by atoms with Crippen LogP contribution in [0.3, 0.4) is 0 Å². The molecule has 2 amide bonds. The van der Waals surface area contributed by atoms with Gasteiger partial charge in [0.2, 0.25) is 11.8 Å². The molecule has 3 aliphatic carbocycles. The van der Waals surface area contributed by atoms with Crippen molar-refractivity contribution < 1.29 is 9.59 Å². The van der Waals surface area contributed by atoms with Gasteiger partial charge in [-0.2, -0.15) is 0 Å². The van der Waals surface area contributed by atoms with Crippen LogP contribution in [0.25, 0.3) is 0 Å². The van der Waals surface area contributed by atoms with E-state index in [-0.39, 0.29) is 17.7 Å². The predicted octanol–water partition coefficient (Wildman–Crippen LogP) is 3.57. The summed E-state index contributed by atoms with van der Waals surface area (Å²) in [4.78, 5) is 25.6. The van der Waals surface area contributed by atoms with Crippen LogP contribution in [0, 0.1) is 17.3 Å². The van der Waals surface area contributed by atoms with Gasteiger partial charge in [0, 0.05) is 13.1 Å². The highest BCUT2D eigenvalue weighted by Crippen LogP contribution is 2.50. The van der Waals surface area contributed by atoms with Gasteiger partial charge in [-0.1, -0.05) is 51.7 Å². The Morgan fingerprint density at radius 1 is 1.04 bits per heavy atom. The van der Waals surface area contributed by atoms with Crippen LogP contribution in [0.1, 0.15) is 71.6 Å². The van der Waals surface area contributed by atoms with E-state index < -0.39 is 5.41 Å². The molecule has 2 bridgehead atoms. The molecule has 0 aromatic heterocycles. The molecule has 0 spiro atoms. The van der Waals surface area contributed by atoms with Crippen LogP contribution in [0.15, 0.2) is 12.2 Å². The summed E-state index contributed by atoms with van der Waals surface area (Å²) in [5, 5.41) is 6.17. The predicted molar refractivity (Wildman–Crippen MR) is 97.5 cm³/mol. The third-order valence-corrected chi connectivity index (χ3v) is 5.64. The second-order valence-electron chi connectivity index (χ2n) is 7.45. The zero-order chi connectivity index (χ0) is 17.4. The Labute approximate surface area is 146 Å². The molecule has 2 N–H and O–H groups in total. The fourth-order valence-corrected chi connectivity index (χ4v) is 4.05. The quantitative estimate of drug-likeness (QED) is 0.474. The number of unbranched alkanes of at least 4 members (excludes halogenated alkanes) is 4. The first-order chi connectivity index (χ1) is 11.6. The highest BCUT2D eigenvalue weighted by molar-refractivity contribution is 5.93. The minimum Gasteiger partial charge on any atom is -0.356 e. The SMILES string of the molecule is CCCCCNC(=O)C1CC2C=CC1(C(=O)NCCCCC)CC2. The van der Waals surface area contributed by atoms with E-state index in [1.54, 1.807) is 0 Å². The molecule has 3 atom stereocenters. The van der Waals surface area contributed by atoms with Gasteiger partial charge in [-0.3, -0.25) is 9.59 Å². The molecule has 0 heterocycles. The first-order valence-electron chi connectivity index (χ1n) is 9.89. The summed E-state index contributed by atoms with van der Waals surface area (Å²) in [6.07, 6.45) is 13.4. The Morgan fingerprint density at radius 3 is 2.29 bits per heavy atom. The Balaban J connectivity index is 1.97. The molecular formula is C20H34N2O2. The second kappa shape index (κ2) is 9.24. The van der Waals surface area contributed by atoms with Gasteiger partial charge in [0.05, 0.1) is 11.3 Å². The minimum atomic E-state index is -0.615. The molecule has 24 heavy (non-hydrogen) atoms. The van der Waals surface area contributed by atoms with Crippen LogP contribution in [0.2, 0.25) is 0 Å². The lowest BCUT2D eigenvalue weighted by atomic mass is 9.58. The summed E-state index contributed by atoms with van der Waals surface area (Å²) < 4.78 is 0. The largest absolute Gasteiger partial charge is 0.356 e. The molecule has 0 aliphatic heterocycles. The summed E-state index contributed by atoms with van der Waals surface area (Å²) >= 11 is 0. The van der Waals surface area contributed by atoms with Crippen molar-refractivity contribution in [2.45, 2.75) is 71.6 Å². The van der Waals surface area contributed by atoms with Crippen LogP contribution in [0.5, 0.6) is 0 Å². The Bertz CT molecular complexity index is 461. The number of hydrogen-bond acceptors (Lipinski definition) is 2. The second-order valence-corrected chi connectivity index (χ2v) is 7.45. The number of rotatable bonds is 10. The monoisotopic (exact) mass is 334 g/mol. The molecule has 0 aromatic carbocycles. The third kappa shape index (κ3) is 4.40. The first kappa shape index (κ1) is 19.0. The van der Waals surface area contributed by atoms with Crippen molar-refractivity contribution in [3.8, 4) is 0 Å². The highest BCUT2D eigenvalue weighted by Gasteiger charge is 2.52. The molecule has 4 heteroatoms. The maximum absolute atomic E-state index is 12.9. The molecule has 1 fully saturated rings. The van der Waals surface area contributed by atoms with Crippen molar-refractivity contribution in [3.05, 3.63) is 12.2 Å². The average Bonchev–Trinajstić information content (AvgIpc) is 2.62. The molecule has 136 valence electrons.